The molecule has 4 heterocycles. The van der Waals surface area contributed by atoms with Crippen LogP contribution in [0.1, 0.15) is 10.6 Å². The Kier molecular flexibility index (Phi) is 4.02. The summed E-state index contributed by atoms with van der Waals surface area (Å²) in [7, 11) is 0. The molecule has 0 bridgehead atoms. The van der Waals surface area contributed by atoms with Gasteiger partial charge in [-0.2, -0.15) is 0 Å². The zero-order valence-corrected chi connectivity index (χ0v) is 15.5. The standard InChI is InChI=1S/C19H19N5O2S/c25-17(12-8-20-9-12)23-19-22-14-5-6-24(10-16(14)27-19)18(26)15-7-11-3-1-2-4-13(11)21-15/h1-4,7,12,15,20H,5-6,8-10H2,(H,22,23,25). The summed E-state index contributed by atoms with van der Waals surface area (Å²) in [4.78, 5) is 37.0. The lowest BCUT2D eigenvalue weighted by Gasteiger charge is -2.27. The van der Waals surface area contributed by atoms with Crippen molar-refractivity contribution in [2.45, 2.75) is 19.0 Å². The number of nitrogens with one attached hydrogen (secondary N) is 2. The lowest BCUT2D eigenvalue weighted by Crippen LogP contribution is -2.48. The second kappa shape index (κ2) is 6.54. The Morgan fingerprint density at radius 2 is 2.11 bits per heavy atom. The predicted octanol–water partition coefficient (Wildman–Crippen LogP) is -0.332. The molecule has 3 aliphatic heterocycles. The van der Waals surface area contributed by atoms with Crippen molar-refractivity contribution in [2.75, 3.05) is 25.0 Å². The number of carbonyl (C=O) groups is 2. The summed E-state index contributed by atoms with van der Waals surface area (Å²) in [5, 5.41) is 8.53. The Hall–Kier alpha value is -2.58. The van der Waals surface area contributed by atoms with E-state index in [4.69, 9.17) is 0 Å². The van der Waals surface area contributed by atoms with Crippen molar-refractivity contribution >= 4 is 34.4 Å². The molecule has 5 rings (SSSR count). The molecule has 2 amide bonds. The predicted molar refractivity (Wildman–Crippen MR) is 102 cm³/mol. The third-order valence-corrected chi connectivity index (χ3v) is 6.23. The summed E-state index contributed by atoms with van der Waals surface area (Å²) < 4.78 is 0. The normalized spacial score (nSPS) is 20.7. The van der Waals surface area contributed by atoms with E-state index in [9.17, 15) is 9.59 Å². The number of fused-ring (bicyclic) bond motifs is 2. The molecule has 2 N–H and O–H groups in total. The highest BCUT2D eigenvalue weighted by Gasteiger charge is 2.30. The second-order valence-corrected chi connectivity index (χ2v) is 8.13. The third kappa shape index (κ3) is 3.04. The molecular formula is C19H19N5O2S. The molecule has 1 aromatic carbocycles. The van der Waals surface area contributed by atoms with Crippen LogP contribution in [0.3, 0.4) is 0 Å². The molecule has 0 spiro atoms. The zero-order chi connectivity index (χ0) is 18.4. The number of amides is 2. The van der Waals surface area contributed by atoms with Gasteiger partial charge in [0, 0.05) is 30.9 Å². The summed E-state index contributed by atoms with van der Waals surface area (Å²) in [6, 6.07) is 7.36. The van der Waals surface area contributed by atoms with Crippen LogP contribution in [-0.4, -0.2) is 47.4 Å². The summed E-state index contributed by atoms with van der Waals surface area (Å²) in [5.74, 6) is 0.0754. The van der Waals surface area contributed by atoms with Gasteiger partial charge in [-0.3, -0.25) is 14.6 Å². The lowest BCUT2D eigenvalue weighted by molar-refractivity contribution is -0.132. The molecule has 7 nitrogen and oxygen atoms in total. The Labute approximate surface area is 159 Å². The van der Waals surface area contributed by atoms with Crippen molar-refractivity contribution in [1.82, 2.24) is 15.2 Å². The van der Waals surface area contributed by atoms with Gasteiger partial charge in [-0.1, -0.05) is 29.5 Å². The number of hydrogen-bond donors (Lipinski definition) is 2. The van der Waals surface area contributed by atoms with Crippen LogP contribution in [0.2, 0.25) is 0 Å². The Morgan fingerprint density at radius 1 is 1.26 bits per heavy atom. The Morgan fingerprint density at radius 3 is 2.89 bits per heavy atom. The maximum Gasteiger partial charge on any atom is 0.251 e. The van der Waals surface area contributed by atoms with Gasteiger partial charge in [0.1, 0.15) is 6.04 Å². The average Bonchev–Trinajstić information content (AvgIpc) is 3.21. The first kappa shape index (κ1) is 16.6. The monoisotopic (exact) mass is 381 g/mol. The number of nitrogens with zero attached hydrogens (tertiary/aromatic N) is 3. The first-order chi connectivity index (χ1) is 13.2. The molecule has 0 radical (unpaired) electrons. The highest BCUT2D eigenvalue weighted by Crippen LogP contribution is 2.29. The largest absolute Gasteiger partial charge is 0.335 e. The molecule has 1 saturated heterocycles. The van der Waals surface area contributed by atoms with Crippen molar-refractivity contribution in [2.24, 2.45) is 10.9 Å². The van der Waals surface area contributed by atoms with Gasteiger partial charge >= 0.3 is 0 Å². The molecule has 1 atom stereocenters. The minimum Gasteiger partial charge on any atom is -0.335 e. The SMILES string of the molecule is O=C(Nc1nc2c(s1)CN(C(=O)C1C=c3ccccc3=N1)CC2)C1CNC1. The number of benzene rings is 1. The molecule has 3 aliphatic rings. The van der Waals surface area contributed by atoms with E-state index in [0.717, 1.165) is 34.2 Å². The molecule has 138 valence electrons. The van der Waals surface area contributed by atoms with E-state index in [2.05, 4.69) is 20.6 Å². The van der Waals surface area contributed by atoms with Crippen LogP contribution < -0.4 is 21.2 Å². The minimum atomic E-state index is -0.442. The molecule has 2 aromatic rings. The molecule has 0 aliphatic carbocycles. The summed E-state index contributed by atoms with van der Waals surface area (Å²) in [5.41, 5.74) is 0.988. The maximum absolute atomic E-state index is 12.9. The molecule has 8 heteroatoms. The molecule has 27 heavy (non-hydrogen) atoms. The number of thiazole rings is 1. The van der Waals surface area contributed by atoms with Crippen LogP contribution in [0.5, 0.6) is 0 Å². The fraction of sp³-hybridized carbons (Fsp3) is 0.368. The summed E-state index contributed by atoms with van der Waals surface area (Å²) >= 11 is 1.47. The van der Waals surface area contributed by atoms with E-state index in [0.29, 0.717) is 24.6 Å². The summed E-state index contributed by atoms with van der Waals surface area (Å²) in [6.07, 6.45) is 2.64. The number of aromatic nitrogens is 1. The molecule has 1 fully saturated rings. The average molecular weight is 381 g/mol. The quantitative estimate of drug-likeness (QED) is 0.762. The van der Waals surface area contributed by atoms with Crippen LogP contribution >= 0.6 is 11.3 Å². The van der Waals surface area contributed by atoms with Crippen LogP contribution in [0.25, 0.3) is 6.08 Å². The van der Waals surface area contributed by atoms with Gasteiger partial charge in [0.2, 0.25) is 5.91 Å². The maximum atomic E-state index is 12.9. The van der Waals surface area contributed by atoms with E-state index in [-0.39, 0.29) is 17.7 Å². The van der Waals surface area contributed by atoms with Crippen LogP contribution in [-0.2, 0) is 22.6 Å². The van der Waals surface area contributed by atoms with Gasteiger partial charge in [-0.05, 0) is 17.4 Å². The van der Waals surface area contributed by atoms with E-state index in [1.807, 2.05) is 35.2 Å². The van der Waals surface area contributed by atoms with Crippen molar-refractivity contribution < 1.29 is 9.59 Å². The van der Waals surface area contributed by atoms with Crippen molar-refractivity contribution in [3.63, 3.8) is 0 Å². The fourth-order valence-electron chi connectivity index (χ4n) is 3.54. The molecule has 1 unspecified atom stereocenters. The fourth-order valence-corrected chi connectivity index (χ4v) is 4.56. The zero-order valence-electron chi connectivity index (χ0n) is 14.6. The first-order valence-electron chi connectivity index (χ1n) is 9.11. The highest BCUT2D eigenvalue weighted by atomic mass is 32.1. The van der Waals surface area contributed by atoms with Gasteiger partial charge in [-0.25, -0.2) is 4.98 Å². The van der Waals surface area contributed by atoms with Crippen molar-refractivity contribution in [1.29, 1.82) is 0 Å². The van der Waals surface area contributed by atoms with Gasteiger partial charge in [0.15, 0.2) is 5.13 Å². The van der Waals surface area contributed by atoms with Gasteiger partial charge in [0.05, 0.1) is 23.5 Å². The van der Waals surface area contributed by atoms with Gasteiger partial charge in [-0.15, -0.1) is 0 Å². The molecule has 0 saturated carbocycles. The van der Waals surface area contributed by atoms with E-state index in [1.165, 1.54) is 11.3 Å². The molecular weight excluding hydrogens is 362 g/mol. The van der Waals surface area contributed by atoms with Crippen LogP contribution in [0, 0.1) is 5.92 Å². The van der Waals surface area contributed by atoms with E-state index < -0.39 is 6.04 Å². The van der Waals surface area contributed by atoms with Crippen LogP contribution in [0.4, 0.5) is 5.13 Å². The third-order valence-electron chi connectivity index (χ3n) is 5.23. The first-order valence-corrected chi connectivity index (χ1v) is 9.93. The minimum absolute atomic E-state index is 0.0184. The topological polar surface area (TPSA) is 86.7 Å². The second-order valence-electron chi connectivity index (χ2n) is 7.04. The number of rotatable bonds is 3. The van der Waals surface area contributed by atoms with E-state index >= 15 is 0 Å². The van der Waals surface area contributed by atoms with Gasteiger partial charge < -0.3 is 15.5 Å². The van der Waals surface area contributed by atoms with Gasteiger partial charge in [0.25, 0.3) is 5.91 Å². The smallest absolute Gasteiger partial charge is 0.251 e. The lowest BCUT2D eigenvalue weighted by atomic mass is 10.0. The van der Waals surface area contributed by atoms with E-state index in [1.54, 1.807) is 0 Å². The summed E-state index contributed by atoms with van der Waals surface area (Å²) in [6.45, 7) is 2.61. The molecule has 1 aromatic heterocycles. The van der Waals surface area contributed by atoms with Crippen LogP contribution in [0.15, 0.2) is 29.3 Å². The van der Waals surface area contributed by atoms with Crippen molar-refractivity contribution in [3.8, 4) is 0 Å². The number of anilines is 1. The number of para-hydroxylation sites is 1. The highest BCUT2D eigenvalue weighted by molar-refractivity contribution is 7.15. The number of hydrogen-bond acceptors (Lipinski definition) is 6. The Bertz CT molecular complexity index is 1010. The Balaban J connectivity index is 1.29. The number of carbonyl (C=O) groups excluding carboxylic acids is 2. The van der Waals surface area contributed by atoms with Crippen molar-refractivity contribution in [3.05, 3.63) is 45.4 Å².